The van der Waals surface area contributed by atoms with E-state index in [1.54, 1.807) is 6.20 Å². The van der Waals surface area contributed by atoms with Crippen LogP contribution >= 0.6 is 0 Å². The first-order chi connectivity index (χ1) is 8.17. The summed E-state index contributed by atoms with van der Waals surface area (Å²) in [6.07, 6.45) is 3.40. The molecule has 0 radical (unpaired) electrons. The van der Waals surface area contributed by atoms with Crippen molar-refractivity contribution in [1.82, 2.24) is 19.7 Å². The van der Waals surface area contributed by atoms with Crippen molar-refractivity contribution >= 4 is 5.69 Å². The number of nitrogen functional groups attached to an aromatic ring is 1. The predicted octanol–water partition coefficient (Wildman–Crippen LogP) is 1.68. The molecular formula is C12H17N5. The molecule has 0 unspecified atom stereocenters. The quantitative estimate of drug-likeness (QED) is 0.872. The Morgan fingerprint density at radius 1 is 1.29 bits per heavy atom. The van der Waals surface area contributed by atoms with Gasteiger partial charge in [-0.15, -0.1) is 0 Å². The average molecular weight is 231 g/mol. The number of hydrogen-bond donors (Lipinski definition) is 1. The van der Waals surface area contributed by atoms with E-state index in [4.69, 9.17) is 5.73 Å². The predicted molar refractivity (Wildman–Crippen MR) is 67.1 cm³/mol. The number of nitrogens with zero attached hydrogens (tertiary/aromatic N) is 4. The summed E-state index contributed by atoms with van der Waals surface area (Å²) >= 11 is 0. The highest BCUT2D eigenvalue weighted by Gasteiger charge is 2.14. The maximum absolute atomic E-state index is 6.07. The van der Waals surface area contributed by atoms with E-state index in [2.05, 4.69) is 22.0 Å². The molecule has 0 aromatic carbocycles. The van der Waals surface area contributed by atoms with Crippen molar-refractivity contribution in [1.29, 1.82) is 0 Å². The van der Waals surface area contributed by atoms with Crippen LogP contribution in [-0.4, -0.2) is 19.7 Å². The van der Waals surface area contributed by atoms with Crippen molar-refractivity contribution in [3.63, 3.8) is 0 Å². The molecule has 5 heteroatoms. The molecule has 0 bridgehead atoms. The zero-order valence-electron chi connectivity index (χ0n) is 10.4. The average Bonchev–Trinajstić information content (AvgIpc) is 2.65. The van der Waals surface area contributed by atoms with E-state index in [1.165, 1.54) is 0 Å². The van der Waals surface area contributed by atoms with Gasteiger partial charge >= 0.3 is 0 Å². The molecule has 0 aliphatic heterocycles. The Balaban J connectivity index is 2.58. The Hall–Kier alpha value is -1.91. The lowest BCUT2D eigenvalue weighted by atomic mass is 10.2. The first kappa shape index (κ1) is 11.6. The third kappa shape index (κ3) is 2.00. The summed E-state index contributed by atoms with van der Waals surface area (Å²) in [5, 5.41) is 4.51. The molecule has 0 amide bonds. The molecule has 2 aromatic rings. The molecule has 0 fully saturated rings. The van der Waals surface area contributed by atoms with Gasteiger partial charge < -0.3 is 5.73 Å². The molecular weight excluding hydrogens is 214 g/mol. The highest BCUT2D eigenvalue weighted by Crippen LogP contribution is 2.21. The maximum Gasteiger partial charge on any atom is 0.157 e. The molecule has 2 aromatic heterocycles. The molecule has 0 saturated heterocycles. The molecule has 17 heavy (non-hydrogen) atoms. The zero-order valence-corrected chi connectivity index (χ0v) is 10.4. The van der Waals surface area contributed by atoms with Crippen LogP contribution in [-0.2, 0) is 12.8 Å². The van der Waals surface area contributed by atoms with Crippen LogP contribution in [0, 0.1) is 6.92 Å². The van der Waals surface area contributed by atoms with Crippen molar-refractivity contribution in [2.45, 2.75) is 33.6 Å². The molecule has 0 saturated carbocycles. The molecule has 90 valence electrons. The van der Waals surface area contributed by atoms with Crippen LogP contribution < -0.4 is 5.73 Å². The maximum atomic E-state index is 6.07. The van der Waals surface area contributed by atoms with E-state index in [0.29, 0.717) is 0 Å². The zero-order chi connectivity index (χ0) is 12.4. The molecule has 0 atom stereocenters. The summed E-state index contributed by atoms with van der Waals surface area (Å²) in [6.45, 7) is 5.98. The van der Waals surface area contributed by atoms with Gasteiger partial charge in [0.2, 0.25) is 0 Å². The normalized spacial score (nSPS) is 10.8. The third-order valence-electron chi connectivity index (χ3n) is 2.75. The first-order valence-corrected chi connectivity index (χ1v) is 5.83. The molecule has 0 aliphatic carbocycles. The van der Waals surface area contributed by atoms with Crippen LogP contribution in [0.3, 0.4) is 0 Å². The SMILES string of the molecule is CCc1nn(-c2ccnc(C)n2)c(CC)c1N. The standard InChI is InChI=1S/C12H17N5/c1-4-9-12(13)10(5-2)17(16-9)11-6-7-14-8(3)15-11/h6-7H,4-5,13H2,1-3H3. The Morgan fingerprint density at radius 2 is 2.06 bits per heavy atom. The third-order valence-corrected chi connectivity index (χ3v) is 2.75. The Labute approximate surface area is 101 Å². The number of rotatable bonds is 3. The fraction of sp³-hybridized carbons (Fsp3) is 0.417. The van der Waals surface area contributed by atoms with Crippen molar-refractivity contribution < 1.29 is 0 Å². The summed E-state index contributed by atoms with van der Waals surface area (Å²) in [4.78, 5) is 8.46. The molecule has 0 spiro atoms. The topological polar surface area (TPSA) is 69.6 Å². The van der Waals surface area contributed by atoms with Crippen LogP contribution in [0.2, 0.25) is 0 Å². The minimum Gasteiger partial charge on any atom is -0.396 e. The summed E-state index contributed by atoms with van der Waals surface area (Å²) in [7, 11) is 0. The van der Waals surface area contributed by atoms with Gasteiger partial charge in [-0.25, -0.2) is 14.6 Å². The number of aromatic nitrogens is 4. The summed E-state index contributed by atoms with van der Waals surface area (Å²) in [6, 6.07) is 1.85. The van der Waals surface area contributed by atoms with Gasteiger partial charge in [0.15, 0.2) is 5.82 Å². The van der Waals surface area contributed by atoms with Gasteiger partial charge in [0.25, 0.3) is 0 Å². The number of nitrogens with two attached hydrogens (primary N) is 1. The van der Waals surface area contributed by atoms with Crippen molar-refractivity contribution in [2.24, 2.45) is 0 Å². The number of anilines is 1. The Kier molecular flexibility index (Phi) is 3.08. The van der Waals surface area contributed by atoms with Crippen LogP contribution in [0.25, 0.3) is 5.82 Å². The van der Waals surface area contributed by atoms with Gasteiger partial charge in [0.1, 0.15) is 5.82 Å². The number of hydrogen-bond acceptors (Lipinski definition) is 4. The Bertz CT molecular complexity index is 530. The second-order valence-electron chi connectivity index (χ2n) is 3.89. The second-order valence-corrected chi connectivity index (χ2v) is 3.89. The summed E-state index contributed by atoms with van der Waals surface area (Å²) < 4.78 is 1.82. The first-order valence-electron chi connectivity index (χ1n) is 5.83. The lowest BCUT2D eigenvalue weighted by molar-refractivity contribution is 0.763. The van der Waals surface area contributed by atoms with Crippen LogP contribution in [0.15, 0.2) is 12.3 Å². The largest absolute Gasteiger partial charge is 0.396 e. The fourth-order valence-corrected chi connectivity index (χ4v) is 1.87. The van der Waals surface area contributed by atoms with Crippen LogP contribution in [0.1, 0.15) is 31.1 Å². The lowest BCUT2D eigenvalue weighted by Gasteiger charge is -2.05. The second kappa shape index (κ2) is 4.53. The molecule has 2 rings (SSSR count). The molecule has 2 N–H and O–H groups in total. The van der Waals surface area contributed by atoms with E-state index in [-0.39, 0.29) is 0 Å². The monoisotopic (exact) mass is 231 g/mol. The van der Waals surface area contributed by atoms with Gasteiger partial charge in [-0.2, -0.15) is 5.10 Å². The van der Waals surface area contributed by atoms with Crippen molar-refractivity contribution in [3.8, 4) is 5.82 Å². The smallest absolute Gasteiger partial charge is 0.157 e. The van der Waals surface area contributed by atoms with E-state index in [9.17, 15) is 0 Å². The fourth-order valence-electron chi connectivity index (χ4n) is 1.87. The summed E-state index contributed by atoms with van der Waals surface area (Å²) in [5.74, 6) is 1.51. The van der Waals surface area contributed by atoms with Crippen LogP contribution in [0.5, 0.6) is 0 Å². The van der Waals surface area contributed by atoms with E-state index >= 15 is 0 Å². The van der Waals surface area contributed by atoms with E-state index in [0.717, 1.165) is 41.6 Å². The highest BCUT2D eigenvalue weighted by molar-refractivity contribution is 5.50. The van der Waals surface area contributed by atoms with Gasteiger partial charge in [-0.3, -0.25) is 0 Å². The number of aryl methyl sites for hydroxylation is 2. The van der Waals surface area contributed by atoms with Gasteiger partial charge in [0.05, 0.1) is 17.1 Å². The minimum atomic E-state index is 0.733. The van der Waals surface area contributed by atoms with Crippen molar-refractivity contribution in [3.05, 3.63) is 29.5 Å². The lowest BCUT2D eigenvalue weighted by Crippen LogP contribution is -2.06. The van der Waals surface area contributed by atoms with Gasteiger partial charge in [-0.1, -0.05) is 13.8 Å². The van der Waals surface area contributed by atoms with Gasteiger partial charge in [0, 0.05) is 12.3 Å². The van der Waals surface area contributed by atoms with Crippen LogP contribution in [0.4, 0.5) is 5.69 Å². The molecule has 2 heterocycles. The van der Waals surface area contributed by atoms with Gasteiger partial charge in [-0.05, 0) is 19.8 Å². The Morgan fingerprint density at radius 3 is 2.65 bits per heavy atom. The molecule has 0 aliphatic rings. The van der Waals surface area contributed by atoms with E-state index < -0.39 is 0 Å². The summed E-state index contributed by atoms with van der Waals surface area (Å²) in [5.41, 5.74) is 8.80. The van der Waals surface area contributed by atoms with E-state index in [1.807, 2.05) is 24.6 Å². The molecule has 5 nitrogen and oxygen atoms in total. The minimum absolute atomic E-state index is 0.733. The van der Waals surface area contributed by atoms with Crippen molar-refractivity contribution in [2.75, 3.05) is 5.73 Å². The highest BCUT2D eigenvalue weighted by atomic mass is 15.3.